The monoisotopic (exact) mass is 305 g/mol. The molecule has 1 aliphatic rings. The van der Waals surface area contributed by atoms with Crippen LogP contribution in [0.25, 0.3) is 0 Å². The number of hydrogen-bond donors (Lipinski definition) is 0. The van der Waals surface area contributed by atoms with Crippen LogP contribution in [0.1, 0.15) is 5.56 Å². The summed E-state index contributed by atoms with van der Waals surface area (Å²) >= 11 is 0. The third-order valence-electron chi connectivity index (χ3n) is 4.36. The van der Waals surface area contributed by atoms with Gasteiger partial charge in [0.15, 0.2) is 0 Å². The van der Waals surface area contributed by atoms with Gasteiger partial charge in [-0.1, -0.05) is 30.3 Å². The Kier molecular flexibility index (Phi) is 6.38. The lowest BCUT2D eigenvalue weighted by Gasteiger charge is -2.40. The van der Waals surface area contributed by atoms with E-state index < -0.39 is 0 Å². The first-order valence-electron chi connectivity index (χ1n) is 8.40. The van der Waals surface area contributed by atoms with E-state index in [1.807, 2.05) is 0 Å². The van der Waals surface area contributed by atoms with Gasteiger partial charge in [0.05, 0.1) is 14.1 Å². The fraction of sp³-hybridized carbons (Fsp3) is 0.667. The Morgan fingerprint density at radius 2 is 1.55 bits per heavy atom. The number of hydrogen-bond acceptors (Lipinski definition) is 3. The van der Waals surface area contributed by atoms with Crippen LogP contribution >= 0.6 is 0 Å². The van der Waals surface area contributed by atoms with Crippen LogP contribution in [0.2, 0.25) is 0 Å². The van der Waals surface area contributed by atoms with Crippen LogP contribution < -0.4 is 0 Å². The molecule has 0 aliphatic carbocycles. The predicted molar refractivity (Wildman–Crippen MR) is 93.7 cm³/mol. The SMILES string of the molecule is CN(C)CCN1CCN(C[N+](C)(C)Cc2ccccc2)CC1. The van der Waals surface area contributed by atoms with Crippen LogP contribution in [0, 0.1) is 0 Å². The molecule has 0 aromatic heterocycles. The topological polar surface area (TPSA) is 9.72 Å². The maximum absolute atomic E-state index is 2.62. The van der Waals surface area contributed by atoms with Crippen molar-refractivity contribution in [3.05, 3.63) is 35.9 Å². The summed E-state index contributed by atoms with van der Waals surface area (Å²) in [5.74, 6) is 0. The molecule has 22 heavy (non-hydrogen) atoms. The highest BCUT2D eigenvalue weighted by Crippen LogP contribution is 2.12. The van der Waals surface area contributed by atoms with E-state index in [-0.39, 0.29) is 0 Å². The van der Waals surface area contributed by atoms with Crippen LogP contribution in [0.15, 0.2) is 30.3 Å². The van der Waals surface area contributed by atoms with Gasteiger partial charge < -0.3 is 9.38 Å². The normalized spacial score (nSPS) is 18.0. The van der Waals surface area contributed by atoms with E-state index in [9.17, 15) is 0 Å². The summed E-state index contributed by atoms with van der Waals surface area (Å²) in [5, 5.41) is 0. The Morgan fingerprint density at radius 1 is 0.955 bits per heavy atom. The summed E-state index contributed by atoms with van der Waals surface area (Å²) in [5.41, 5.74) is 1.43. The maximum atomic E-state index is 2.62. The van der Waals surface area contributed by atoms with Crippen molar-refractivity contribution in [2.24, 2.45) is 0 Å². The zero-order valence-electron chi connectivity index (χ0n) is 14.8. The highest BCUT2D eigenvalue weighted by molar-refractivity contribution is 5.13. The quantitative estimate of drug-likeness (QED) is 0.705. The van der Waals surface area contributed by atoms with Gasteiger partial charge in [0.25, 0.3) is 0 Å². The van der Waals surface area contributed by atoms with E-state index in [4.69, 9.17) is 0 Å². The van der Waals surface area contributed by atoms with Gasteiger partial charge in [-0.3, -0.25) is 9.80 Å². The lowest BCUT2D eigenvalue weighted by Crippen LogP contribution is -2.54. The number of quaternary nitrogens is 1. The van der Waals surface area contributed by atoms with E-state index in [1.165, 1.54) is 38.3 Å². The molecule has 0 N–H and O–H groups in total. The van der Waals surface area contributed by atoms with Crippen LogP contribution in [-0.2, 0) is 6.54 Å². The molecule has 4 heteroatoms. The average molecular weight is 305 g/mol. The number of benzene rings is 1. The van der Waals surface area contributed by atoms with Crippen molar-refractivity contribution in [2.75, 3.05) is 74.1 Å². The minimum Gasteiger partial charge on any atom is -0.312 e. The molecule has 0 amide bonds. The van der Waals surface area contributed by atoms with Crippen molar-refractivity contribution in [1.82, 2.24) is 14.7 Å². The highest BCUT2D eigenvalue weighted by atomic mass is 15.4. The highest BCUT2D eigenvalue weighted by Gasteiger charge is 2.24. The smallest absolute Gasteiger partial charge is 0.135 e. The first-order chi connectivity index (χ1) is 10.4. The minimum absolute atomic E-state index is 1.03. The molecule has 1 aromatic rings. The largest absolute Gasteiger partial charge is 0.312 e. The van der Waals surface area contributed by atoms with Gasteiger partial charge in [-0.15, -0.1) is 0 Å². The van der Waals surface area contributed by atoms with Gasteiger partial charge in [-0.2, -0.15) is 0 Å². The molecule has 1 aliphatic heterocycles. The van der Waals surface area contributed by atoms with Crippen molar-refractivity contribution in [3.8, 4) is 0 Å². The van der Waals surface area contributed by atoms with Crippen molar-refractivity contribution in [3.63, 3.8) is 0 Å². The zero-order chi connectivity index (χ0) is 16.0. The third kappa shape index (κ3) is 6.05. The first kappa shape index (κ1) is 17.4. The summed E-state index contributed by atoms with van der Waals surface area (Å²) in [6.45, 7) is 9.41. The average Bonchev–Trinajstić information content (AvgIpc) is 2.46. The number of rotatable bonds is 7. The number of piperazine rings is 1. The zero-order valence-corrected chi connectivity index (χ0v) is 14.8. The molecule has 0 bridgehead atoms. The van der Waals surface area contributed by atoms with E-state index >= 15 is 0 Å². The Hall–Kier alpha value is -0.940. The fourth-order valence-corrected chi connectivity index (χ4v) is 3.16. The Morgan fingerprint density at radius 3 is 2.14 bits per heavy atom. The van der Waals surface area contributed by atoms with Gasteiger partial charge in [-0.25, -0.2) is 0 Å². The third-order valence-corrected chi connectivity index (χ3v) is 4.36. The van der Waals surface area contributed by atoms with Gasteiger partial charge in [0.1, 0.15) is 13.2 Å². The van der Waals surface area contributed by atoms with E-state index in [0.717, 1.165) is 24.2 Å². The second kappa shape index (κ2) is 8.06. The molecule has 0 radical (unpaired) electrons. The standard InChI is InChI=1S/C18H33N4/c1-19(2)10-11-20-12-14-21(15-13-20)17-22(3,4)16-18-8-6-5-7-9-18/h5-9H,10-17H2,1-4H3/q+1. The second-order valence-electron chi connectivity index (χ2n) is 7.48. The summed E-state index contributed by atoms with van der Waals surface area (Å²) in [6, 6.07) is 10.8. The molecule has 0 saturated carbocycles. The summed E-state index contributed by atoms with van der Waals surface area (Å²) in [7, 11) is 8.98. The second-order valence-corrected chi connectivity index (χ2v) is 7.48. The van der Waals surface area contributed by atoms with Crippen LogP contribution in [0.3, 0.4) is 0 Å². The summed E-state index contributed by atoms with van der Waals surface area (Å²) in [6.07, 6.45) is 0. The van der Waals surface area contributed by atoms with E-state index in [2.05, 4.69) is 73.2 Å². The predicted octanol–water partition coefficient (Wildman–Crippen LogP) is 1.40. The summed E-state index contributed by atoms with van der Waals surface area (Å²) < 4.78 is 1.03. The molecule has 4 nitrogen and oxygen atoms in total. The minimum atomic E-state index is 1.03. The lowest BCUT2D eigenvalue weighted by atomic mass is 10.2. The lowest BCUT2D eigenvalue weighted by molar-refractivity contribution is -0.913. The van der Waals surface area contributed by atoms with Crippen LogP contribution in [0.5, 0.6) is 0 Å². The molecule has 2 rings (SSSR count). The van der Waals surface area contributed by atoms with Crippen LogP contribution in [0.4, 0.5) is 0 Å². The van der Waals surface area contributed by atoms with E-state index in [0.29, 0.717) is 0 Å². The molecular weight excluding hydrogens is 272 g/mol. The molecule has 124 valence electrons. The van der Waals surface area contributed by atoms with Crippen molar-refractivity contribution in [1.29, 1.82) is 0 Å². The van der Waals surface area contributed by atoms with Crippen molar-refractivity contribution < 1.29 is 4.48 Å². The molecule has 1 aromatic carbocycles. The van der Waals surface area contributed by atoms with Crippen LogP contribution in [-0.4, -0.2) is 93.3 Å². The summed E-state index contributed by atoms with van der Waals surface area (Å²) in [4.78, 5) is 7.48. The number of nitrogens with zero attached hydrogens (tertiary/aromatic N) is 4. The molecule has 1 saturated heterocycles. The van der Waals surface area contributed by atoms with Crippen molar-refractivity contribution in [2.45, 2.75) is 6.54 Å². The Bertz CT molecular complexity index is 422. The van der Waals surface area contributed by atoms with E-state index in [1.54, 1.807) is 0 Å². The van der Waals surface area contributed by atoms with Gasteiger partial charge in [-0.05, 0) is 14.1 Å². The molecule has 0 unspecified atom stereocenters. The fourth-order valence-electron chi connectivity index (χ4n) is 3.16. The maximum Gasteiger partial charge on any atom is 0.135 e. The molecular formula is C18H33N4+. The van der Waals surface area contributed by atoms with Gasteiger partial charge in [0, 0.05) is 44.8 Å². The van der Waals surface area contributed by atoms with Gasteiger partial charge >= 0.3 is 0 Å². The molecule has 0 spiro atoms. The Balaban J connectivity index is 1.75. The van der Waals surface area contributed by atoms with Gasteiger partial charge in [0.2, 0.25) is 0 Å². The Labute approximate surface area is 136 Å². The molecule has 1 heterocycles. The number of likely N-dealkylation sites (N-methyl/N-ethyl adjacent to an activating group) is 1. The molecule has 1 fully saturated rings. The molecule has 0 atom stereocenters. The van der Waals surface area contributed by atoms with Crippen molar-refractivity contribution >= 4 is 0 Å². The first-order valence-corrected chi connectivity index (χ1v) is 8.40.